The van der Waals surface area contributed by atoms with E-state index in [1.165, 1.54) is 0 Å². The Bertz CT molecular complexity index is 605. The highest BCUT2D eigenvalue weighted by Crippen LogP contribution is 2.24. The highest BCUT2D eigenvalue weighted by Gasteiger charge is 2.23. The minimum Gasteiger partial charge on any atom is -0.240 e. The van der Waals surface area contributed by atoms with Gasteiger partial charge in [-0.3, -0.25) is 0 Å². The zero-order valence-corrected chi connectivity index (χ0v) is 11.4. The Labute approximate surface area is 112 Å². The van der Waals surface area contributed by atoms with Crippen molar-refractivity contribution < 1.29 is 8.42 Å². The van der Waals surface area contributed by atoms with E-state index in [1.807, 2.05) is 6.07 Å². The number of fused-ring (bicyclic) bond motifs is 1. The van der Waals surface area contributed by atoms with Gasteiger partial charge in [0.15, 0.2) is 14.9 Å². The van der Waals surface area contributed by atoms with Crippen molar-refractivity contribution in [3.63, 3.8) is 0 Å². The maximum atomic E-state index is 12.0. The third kappa shape index (κ3) is 2.50. The van der Waals surface area contributed by atoms with E-state index in [2.05, 4.69) is 4.98 Å². The predicted octanol–water partition coefficient (Wildman–Crippen LogP) is 1.84. The molecule has 0 N–H and O–H groups in total. The van der Waals surface area contributed by atoms with E-state index < -0.39 is 9.84 Å². The van der Waals surface area contributed by atoms with Crippen molar-refractivity contribution in [3.8, 4) is 6.07 Å². The van der Waals surface area contributed by atoms with Gasteiger partial charge in [0.25, 0.3) is 0 Å². The van der Waals surface area contributed by atoms with Crippen LogP contribution in [0.25, 0.3) is 0 Å². The molecule has 96 valence electrons. The number of nitrogens with zero attached hydrogens (tertiary/aromatic N) is 2. The van der Waals surface area contributed by atoms with Gasteiger partial charge in [-0.2, -0.15) is 5.26 Å². The van der Waals surface area contributed by atoms with E-state index in [0.717, 1.165) is 36.9 Å². The number of aromatic nitrogens is 1. The maximum Gasteiger partial charge on any atom is 0.198 e. The summed E-state index contributed by atoms with van der Waals surface area (Å²) in [6.07, 6.45) is 3.73. The highest BCUT2D eigenvalue weighted by atomic mass is 35.5. The maximum absolute atomic E-state index is 12.0. The summed E-state index contributed by atoms with van der Waals surface area (Å²) in [4.78, 5) is 4.21. The average molecular weight is 285 g/mol. The molecule has 1 aromatic rings. The molecule has 0 aromatic carbocycles. The van der Waals surface area contributed by atoms with Crippen LogP contribution in [-0.2, 0) is 22.7 Å². The van der Waals surface area contributed by atoms with Crippen LogP contribution in [0.15, 0.2) is 11.1 Å². The van der Waals surface area contributed by atoms with Crippen LogP contribution in [0.5, 0.6) is 0 Å². The fraction of sp³-hybridized carbons (Fsp3) is 0.500. The van der Waals surface area contributed by atoms with Gasteiger partial charge in [0.1, 0.15) is 6.07 Å². The molecular formula is C12H13ClN2O2S. The molecule has 0 saturated carbocycles. The fourth-order valence-electron chi connectivity index (χ4n) is 2.13. The molecule has 1 aliphatic carbocycles. The van der Waals surface area contributed by atoms with Crippen LogP contribution in [0, 0.1) is 11.3 Å². The Morgan fingerprint density at radius 1 is 1.39 bits per heavy atom. The molecule has 0 saturated heterocycles. The Balaban J connectivity index is 2.57. The lowest BCUT2D eigenvalue weighted by Crippen LogP contribution is -2.16. The highest BCUT2D eigenvalue weighted by molar-refractivity contribution is 7.91. The van der Waals surface area contributed by atoms with E-state index in [1.54, 1.807) is 6.07 Å². The predicted molar refractivity (Wildman–Crippen MR) is 68.4 cm³/mol. The van der Waals surface area contributed by atoms with E-state index >= 15 is 0 Å². The zero-order valence-electron chi connectivity index (χ0n) is 9.82. The largest absolute Gasteiger partial charge is 0.240 e. The lowest BCUT2D eigenvalue weighted by Gasteiger charge is -2.16. The first-order valence-corrected chi connectivity index (χ1v) is 7.99. The van der Waals surface area contributed by atoms with Crippen molar-refractivity contribution in [1.82, 2.24) is 4.98 Å². The average Bonchev–Trinajstić information content (AvgIpc) is 2.37. The van der Waals surface area contributed by atoms with Crippen molar-refractivity contribution in [2.45, 2.75) is 30.7 Å². The molecule has 1 aliphatic rings. The monoisotopic (exact) mass is 284 g/mol. The number of pyridine rings is 1. The quantitative estimate of drug-likeness (QED) is 0.794. The van der Waals surface area contributed by atoms with Gasteiger partial charge in [-0.05, 0) is 37.3 Å². The Morgan fingerprint density at radius 3 is 2.78 bits per heavy atom. The van der Waals surface area contributed by atoms with Gasteiger partial charge in [-0.1, -0.05) is 0 Å². The summed E-state index contributed by atoms with van der Waals surface area (Å²) in [5.41, 5.74) is 1.96. The molecule has 0 amide bonds. The molecule has 0 fully saturated rings. The summed E-state index contributed by atoms with van der Waals surface area (Å²) >= 11 is 5.49. The standard InChI is InChI=1S/C12H13ClN2O2S/c13-5-6-18(16,17)12-10(8-14)7-9-3-1-2-4-11(9)15-12/h7H,1-6H2. The van der Waals surface area contributed by atoms with Crippen LogP contribution in [0.3, 0.4) is 0 Å². The number of halogens is 1. The summed E-state index contributed by atoms with van der Waals surface area (Å²) in [6.45, 7) is 0. The number of aryl methyl sites for hydroxylation is 2. The van der Waals surface area contributed by atoms with Gasteiger partial charge in [0, 0.05) is 11.6 Å². The smallest absolute Gasteiger partial charge is 0.198 e. The Hall–Kier alpha value is -1.12. The molecule has 0 aliphatic heterocycles. The van der Waals surface area contributed by atoms with Gasteiger partial charge >= 0.3 is 0 Å². The first-order valence-electron chi connectivity index (χ1n) is 5.80. The van der Waals surface area contributed by atoms with E-state index in [4.69, 9.17) is 16.9 Å². The first kappa shape index (κ1) is 13.3. The van der Waals surface area contributed by atoms with E-state index in [9.17, 15) is 8.42 Å². The van der Waals surface area contributed by atoms with E-state index in [0.29, 0.717) is 0 Å². The molecular weight excluding hydrogens is 272 g/mol. The minimum absolute atomic E-state index is 0.00592. The third-order valence-electron chi connectivity index (χ3n) is 3.03. The number of rotatable bonds is 3. The molecule has 0 radical (unpaired) electrons. The van der Waals surface area contributed by atoms with Gasteiger partial charge in [-0.25, -0.2) is 13.4 Å². The number of sulfone groups is 1. The lowest BCUT2D eigenvalue weighted by atomic mass is 9.95. The molecule has 4 nitrogen and oxygen atoms in total. The third-order valence-corrected chi connectivity index (χ3v) is 5.08. The zero-order chi connectivity index (χ0) is 13.2. The van der Waals surface area contributed by atoms with Crippen LogP contribution in [-0.4, -0.2) is 25.0 Å². The van der Waals surface area contributed by atoms with Crippen LogP contribution < -0.4 is 0 Å². The number of hydrogen-bond donors (Lipinski definition) is 0. The number of nitriles is 1. The second-order valence-electron chi connectivity index (χ2n) is 4.27. The molecule has 0 unspecified atom stereocenters. The minimum atomic E-state index is -3.55. The van der Waals surface area contributed by atoms with E-state index in [-0.39, 0.29) is 22.2 Å². The lowest BCUT2D eigenvalue weighted by molar-refractivity contribution is 0.589. The molecule has 0 spiro atoms. The molecule has 0 bridgehead atoms. The molecule has 1 aromatic heterocycles. The fourth-order valence-corrected chi connectivity index (χ4v) is 3.82. The van der Waals surface area contributed by atoms with Crippen LogP contribution >= 0.6 is 11.6 Å². The van der Waals surface area contributed by atoms with Gasteiger partial charge in [0.2, 0.25) is 0 Å². The summed E-state index contributed by atoms with van der Waals surface area (Å²) < 4.78 is 24.0. The second-order valence-corrected chi connectivity index (χ2v) is 6.68. The van der Waals surface area contributed by atoms with Crippen molar-refractivity contribution in [1.29, 1.82) is 5.26 Å². The van der Waals surface area contributed by atoms with Crippen LogP contribution in [0.2, 0.25) is 0 Å². The SMILES string of the molecule is N#Cc1cc2c(nc1S(=O)(=O)CCCl)CCCC2. The summed E-state index contributed by atoms with van der Waals surface area (Å²) in [5.74, 6) is -0.180. The molecule has 18 heavy (non-hydrogen) atoms. The normalized spacial score (nSPS) is 14.9. The topological polar surface area (TPSA) is 70.8 Å². The summed E-state index contributed by atoms with van der Waals surface area (Å²) in [7, 11) is -3.55. The number of hydrogen-bond acceptors (Lipinski definition) is 4. The number of alkyl halides is 1. The first-order chi connectivity index (χ1) is 8.58. The van der Waals surface area contributed by atoms with Gasteiger partial charge < -0.3 is 0 Å². The summed E-state index contributed by atoms with van der Waals surface area (Å²) in [5, 5.41) is 8.96. The molecule has 2 rings (SSSR count). The van der Waals surface area contributed by atoms with Crippen LogP contribution in [0.1, 0.15) is 29.7 Å². The van der Waals surface area contributed by atoms with Gasteiger partial charge in [-0.15, -0.1) is 11.6 Å². The van der Waals surface area contributed by atoms with Crippen LogP contribution in [0.4, 0.5) is 0 Å². The molecule has 6 heteroatoms. The van der Waals surface area contributed by atoms with Crippen molar-refractivity contribution >= 4 is 21.4 Å². The Morgan fingerprint density at radius 2 is 2.11 bits per heavy atom. The Kier molecular flexibility index (Phi) is 3.88. The van der Waals surface area contributed by atoms with Crippen molar-refractivity contribution in [2.75, 3.05) is 11.6 Å². The van der Waals surface area contributed by atoms with Gasteiger partial charge in [0.05, 0.1) is 11.3 Å². The summed E-state index contributed by atoms with van der Waals surface area (Å²) in [6, 6.07) is 3.59. The van der Waals surface area contributed by atoms with Crippen molar-refractivity contribution in [2.24, 2.45) is 0 Å². The molecule has 0 atom stereocenters. The molecule has 1 heterocycles. The second kappa shape index (κ2) is 5.25. The van der Waals surface area contributed by atoms with Crippen molar-refractivity contribution in [3.05, 3.63) is 22.9 Å².